The normalized spacial score (nSPS) is 28.4. The van der Waals surface area contributed by atoms with E-state index in [4.69, 9.17) is 4.84 Å². The lowest BCUT2D eigenvalue weighted by Crippen LogP contribution is -3.14. The number of nitro benzene ring substituents is 1. The van der Waals surface area contributed by atoms with Crippen LogP contribution in [0.2, 0.25) is 0 Å². The van der Waals surface area contributed by atoms with Gasteiger partial charge in [-0.25, -0.2) is 0 Å². The van der Waals surface area contributed by atoms with Gasteiger partial charge in [-0.05, 0) is 19.1 Å². The predicted molar refractivity (Wildman–Crippen MR) is 76.2 cm³/mol. The van der Waals surface area contributed by atoms with Crippen molar-refractivity contribution in [2.45, 2.75) is 26.3 Å². The van der Waals surface area contributed by atoms with Crippen LogP contribution in [0.1, 0.15) is 20.3 Å². The van der Waals surface area contributed by atoms with Crippen molar-refractivity contribution in [3.63, 3.8) is 0 Å². The SMILES string of the molecule is C[C@@H]1C[NH+](C)[C@H](C)CC1=NOc1ccc([N+](=O)[O-])cc1. The highest BCUT2D eigenvalue weighted by atomic mass is 16.6. The molecular formula is C14H20N3O3+. The maximum atomic E-state index is 10.6. The Morgan fingerprint density at radius 2 is 2.00 bits per heavy atom. The Kier molecular flexibility index (Phi) is 4.34. The molecule has 20 heavy (non-hydrogen) atoms. The molecule has 1 saturated heterocycles. The highest BCUT2D eigenvalue weighted by Crippen LogP contribution is 2.18. The van der Waals surface area contributed by atoms with Gasteiger partial charge in [-0.3, -0.25) is 10.1 Å². The highest BCUT2D eigenvalue weighted by Gasteiger charge is 2.29. The summed E-state index contributed by atoms with van der Waals surface area (Å²) < 4.78 is 0. The van der Waals surface area contributed by atoms with Crippen molar-refractivity contribution in [1.82, 2.24) is 0 Å². The zero-order chi connectivity index (χ0) is 14.7. The molecule has 0 radical (unpaired) electrons. The molecular weight excluding hydrogens is 258 g/mol. The summed E-state index contributed by atoms with van der Waals surface area (Å²) in [4.78, 5) is 17.0. The molecule has 0 saturated carbocycles. The van der Waals surface area contributed by atoms with Gasteiger partial charge in [-0.2, -0.15) is 0 Å². The molecule has 1 N–H and O–H groups in total. The van der Waals surface area contributed by atoms with Crippen molar-refractivity contribution in [2.75, 3.05) is 13.6 Å². The number of rotatable bonds is 3. The first-order valence-electron chi connectivity index (χ1n) is 6.78. The molecule has 2 rings (SSSR count). The van der Waals surface area contributed by atoms with E-state index < -0.39 is 4.92 Å². The molecule has 1 heterocycles. The number of hydrogen-bond donors (Lipinski definition) is 1. The molecule has 0 bridgehead atoms. The van der Waals surface area contributed by atoms with Crippen LogP contribution in [0.5, 0.6) is 5.75 Å². The summed E-state index contributed by atoms with van der Waals surface area (Å²) in [5.74, 6) is 0.915. The van der Waals surface area contributed by atoms with E-state index in [0.717, 1.165) is 18.7 Å². The number of non-ortho nitro benzene ring substituents is 1. The summed E-state index contributed by atoms with van der Waals surface area (Å²) in [5.41, 5.74) is 1.11. The molecule has 0 spiro atoms. The average molecular weight is 278 g/mol. The monoisotopic (exact) mass is 278 g/mol. The van der Waals surface area contributed by atoms with E-state index in [-0.39, 0.29) is 5.69 Å². The largest absolute Gasteiger partial charge is 0.357 e. The fourth-order valence-electron chi connectivity index (χ4n) is 2.36. The molecule has 3 atom stereocenters. The summed E-state index contributed by atoms with van der Waals surface area (Å²) in [6.45, 7) is 5.39. The van der Waals surface area contributed by atoms with Crippen LogP contribution in [0, 0.1) is 16.0 Å². The summed E-state index contributed by atoms with van der Waals surface area (Å²) in [6.07, 6.45) is 0.917. The van der Waals surface area contributed by atoms with Gasteiger partial charge in [0, 0.05) is 24.5 Å². The van der Waals surface area contributed by atoms with Crippen molar-refractivity contribution in [3.8, 4) is 5.75 Å². The van der Waals surface area contributed by atoms with Crippen molar-refractivity contribution < 1.29 is 14.7 Å². The Hall–Kier alpha value is -1.95. The van der Waals surface area contributed by atoms with Crippen molar-refractivity contribution >= 4 is 11.4 Å². The quantitative estimate of drug-likeness (QED) is 0.668. The molecule has 1 aliphatic rings. The van der Waals surface area contributed by atoms with Crippen LogP contribution in [0.4, 0.5) is 5.69 Å². The Morgan fingerprint density at radius 1 is 1.35 bits per heavy atom. The maximum Gasteiger partial charge on any atom is 0.269 e. The lowest BCUT2D eigenvalue weighted by atomic mass is 9.93. The van der Waals surface area contributed by atoms with Gasteiger partial charge in [0.05, 0.1) is 30.3 Å². The molecule has 108 valence electrons. The molecule has 1 unspecified atom stereocenters. The van der Waals surface area contributed by atoms with Crippen LogP contribution in [-0.4, -0.2) is 30.3 Å². The smallest absolute Gasteiger partial charge is 0.269 e. The van der Waals surface area contributed by atoms with Crippen LogP contribution in [0.25, 0.3) is 0 Å². The Labute approximate surface area is 118 Å². The van der Waals surface area contributed by atoms with Gasteiger partial charge in [0.2, 0.25) is 0 Å². The molecule has 0 aromatic heterocycles. The Bertz CT molecular complexity index is 513. The summed E-state index contributed by atoms with van der Waals surface area (Å²) >= 11 is 0. The van der Waals surface area contributed by atoms with Gasteiger partial charge in [0.15, 0.2) is 5.75 Å². The minimum absolute atomic E-state index is 0.0508. The minimum atomic E-state index is -0.431. The minimum Gasteiger partial charge on any atom is -0.357 e. The number of benzene rings is 1. The lowest BCUT2D eigenvalue weighted by Gasteiger charge is -2.31. The third kappa shape index (κ3) is 3.33. The number of nitro groups is 1. The number of oxime groups is 1. The zero-order valence-electron chi connectivity index (χ0n) is 12.0. The van der Waals surface area contributed by atoms with Crippen LogP contribution in [-0.2, 0) is 0 Å². The molecule has 0 amide bonds. The summed E-state index contributed by atoms with van der Waals surface area (Å²) in [7, 11) is 2.19. The second kappa shape index (κ2) is 6.00. The fourth-order valence-corrected chi connectivity index (χ4v) is 2.36. The second-order valence-corrected chi connectivity index (χ2v) is 5.48. The maximum absolute atomic E-state index is 10.6. The standard InChI is InChI=1S/C14H19N3O3/c1-10-9-16(3)11(2)8-14(10)15-20-13-6-4-12(5-7-13)17(18)19/h4-7,10-11H,8-9H2,1-3H3/p+1/t10-,11-/m1/s1. The first-order valence-corrected chi connectivity index (χ1v) is 6.78. The van der Waals surface area contributed by atoms with Crippen LogP contribution in [0.15, 0.2) is 29.4 Å². The number of nitrogens with one attached hydrogen (secondary N) is 1. The molecule has 1 aromatic rings. The van der Waals surface area contributed by atoms with Crippen molar-refractivity contribution in [1.29, 1.82) is 0 Å². The second-order valence-electron chi connectivity index (χ2n) is 5.48. The molecule has 6 nitrogen and oxygen atoms in total. The van der Waals surface area contributed by atoms with Gasteiger partial charge in [0.1, 0.15) is 0 Å². The topological polar surface area (TPSA) is 69.2 Å². The lowest BCUT2D eigenvalue weighted by molar-refractivity contribution is -0.908. The van der Waals surface area contributed by atoms with Crippen LogP contribution in [0.3, 0.4) is 0 Å². The van der Waals surface area contributed by atoms with E-state index >= 15 is 0 Å². The number of quaternary nitrogens is 1. The Morgan fingerprint density at radius 3 is 2.60 bits per heavy atom. The van der Waals surface area contributed by atoms with Gasteiger partial charge >= 0.3 is 0 Å². The number of piperidine rings is 1. The first kappa shape index (κ1) is 14.5. The Balaban J connectivity index is 2.03. The van der Waals surface area contributed by atoms with E-state index in [1.54, 1.807) is 12.1 Å². The molecule has 0 aliphatic carbocycles. The van der Waals surface area contributed by atoms with E-state index in [0.29, 0.717) is 17.7 Å². The number of nitrogens with zero attached hydrogens (tertiary/aromatic N) is 2. The third-order valence-corrected chi connectivity index (χ3v) is 3.87. The zero-order valence-corrected chi connectivity index (χ0v) is 12.0. The number of hydrogen-bond acceptors (Lipinski definition) is 4. The number of likely N-dealkylation sites (tertiary alicyclic amines) is 1. The van der Waals surface area contributed by atoms with E-state index in [1.165, 1.54) is 17.0 Å². The predicted octanol–water partition coefficient (Wildman–Crippen LogP) is 1.27. The fraction of sp³-hybridized carbons (Fsp3) is 0.500. The van der Waals surface area contributed by atoms with E-state index in [1.807, 2.05) is 0 Å². The van der Waals surface area contributed by atoms with Gasteiger partial charge in [-0.15, -0.1) is 0 Å². The van der Waals surface area contributed by atoms with Crippen molar-refractivity contribution in [2.24, 2.45) is 11.1 Å². The van der Waals surface area contributed by atoms with Gasteiger partial charge in [-0.1, -0.05) is 12.1 Å². The molecule has 1 fully saturated rings. The summed E-state index contributed by atoms with van der Waals surface area (Å²) in [6, 6.07) is 6.50. The van der Waals surface area contributed by atoms with E-state index in [9.17, 15) is 10.1 Å². The van der Waals surface area contributed by atoms with Gasteiger partial charge < -0.3 is 9.74 Å². The average Bonchev–Trinajstić information content (AvgIpc) is 2.42. The van der Waals surface area contributed by atoms with Crippen molar-refractivity contribution in [3.05, 3.63) is 34.4 Å². The van der Waals surface area contributed by atoms with Crippen LogP contribution < -0.4 is 9.74 Å². The van der Waals surface area contributed by atoms with Gasteiger partial charge in [0.25, 0.3) is 5.69 Å². The highest BCUT2D eigenvalue weighted by molar-refractivity contribution is 5.87. The molecule has 1 aliphatic heterocycles. The van der Waals surface area contributed by atoms with E-state index in [2.05, 4.69) is 26.1 Å². The molecule has 1 aromatic carbocycles. The molecule has 6 heteroatoms. The summed E-state index contributed by atoms with van der Waals surface area (Å²) in [5, 5.41) is 14.8. The first-order chi connectivity index (χ1) is 9.47. The van der Waals surface area contributed by atoms with Crippen LogP contribution >= 0.6 is 0 Å². The third-order valence-electron chi connectivity index (χ3n) is 3.87.